The summed E-state index contributed by atoms with van der Waals surface area (Å²) in [4.78, 5) is 15.3. The van der Waals surface area contributed by atoms with E-state index in [2.05, 4.69) is 33.8 Å². The van der Waals surface area contributed by atoms with Crippen molar-refractivity contribution in [2.75, 3.05) is 6.61 Å². The lowest BCUT2D eigenvalue weighted by Crippen LogP contribution is -2.40. The molecule has 0 aromatic carbocycles. The molecule has 4 heteroatoms. The van der Waals surface area contributed by atoms with Gasteiger partial charge in [0, 0.05) is 17.7 Å². The molecule has 0 aromatic rings. The first-order chi connectivity index (χ1) is 11.3. The van der Waals surface area contributed by atoms with Crippen LogP contribution in [0, 0.1) is 11.3 Å². The Bertz CT molecular complexity index is 568. The molecule has 1 saturated carbocycles. The van der Waals surface area contributed by atoms with Crippen molar-refractivity contribution in [3.05, 3.63) is 23.1 Å². The van der Waals surface area contributed by atoms with E-state index >= 15 is 0 Å². The molecule has 1 saturated heterocycles. The highest BCUT2D eigenvalue weighted by molar-refractivity contribution is 5.87. The van der Waals surface area contributed by atoms with E-state index in [1.54, 1.807) is 0 Å². The summed E-state index contributed by atoms with van der Waals surface area (Å²) >= 11 is 0. The first-order valence-electron chi connectivity index (χ1n) is 9.46. The highest BCUT2D eigenvalue weighted by atomic mass is 16.5. The molecule has 24 heavy (non-hydrogen) atoms. The zero-order valence-corrected chi connectivity index (χ0v) is 15.6. The second kappa shape index (κ2) is 6.55. The van der Waals surface area contributed by atoms with Crippen molar-refractivity contribution in [3.63, 3.8) is 0 Å². The average Bonchev–Trinajstić information content (AvgIpc) is 2.99. The van der Waals surface area contributed by atoms with Crippen molar-refractivity contribution in [2.24, 2.45) is 17.1 Å². The molecule has 1 spiro atoms. The van der Waals surface area contributed by atoms with Crippen molar-refractivity contribution in [2.45, 2.75) is 78.3 Å². The van der Waals surface area contributed by atoms with Crippen LogP contribution in [0.2, 0.25) is 0 Å². The molecule has 4 nitrogen and oxygen atoms in total. The lowest BCUT2D eigenvalue weighted by atomic mass is 9.71. The molecule has 0 aromatic heterocycles. The molecule has 3 aliphatic rings. The molecule has 3 rings (SSSR count). The Labute approximate surface area is 146 Å². The number of hydrogen-bond acceptors (Lipinski definition) is 3. The minimum absolute atomic E-state index is 0.174. The van der Waals surface area contributed by atoms with Crippen molar-refractivity contribution >= 4 is 5.91 Å². The highest BCUT2D eigenvalue weighted by Crippen LogP contribution is 2.49. The van der Waals surface area contributed by atoms with Crippen LogP contribution in [0.25, 0.3) is 0 Å². The van der Waals surface area contributed by atoms with Crippen molar-refractivity contribution < 1.29 is 9.53 Å². The third-order valence-electron chi connectivity index (χ3n) is 6.02. The van der Waals surface area contributed by atoms with Crippen LogP contribution in [0.1, 0.15) is 66.2 Å². The van der Waals surface area contributed by atoms with Crippen LogP contribution in [-0.4, -0.2) is 29.5 Å². The largest absolute Gasteiger partial charge is 0.487 e. The fourth-order valence-corrected chi connectivity index (χ4v) is 4.51. The van der Waals surface area contributed by atoms with Crippen LogP contribution in [0.15, 0.2) is 23.1 Å². The molecule has 2 N–H and O–H groups in total. The minimum Gasteiger partial charge on any atom is -0.487 e. The Kier molecular flexibility index (Phi) is 4.78. The van der Waals surface area contributed by atoms with Crippen molar-refractivity contribution in [1.82, 2.24) is 4.90 Å². The third-order valence-corrected chi connectivity index (χ3v) is 6.02. The van der Waals surface area contributed by atoms with Gasteiger partial charge in [-0.15, -0.1) is 0 Å². The molecule has 2 heterocycles. The number of carbonyl (C=O) groups excluding carboxylic acids is 1. The van der Waals surface area contributed by atoms with Crippen LogP contribution in [-0.2, 0) is 9.53 Å². The van der Waals surface area contributed by atoms with Gasteiger partial charge in [-0.3, -0.25) is 4.79 Å². The van der Waals surface area contributed by atoms with Crippen LogP contribution >= 0.6 is 0 Å². The van der Waals surface area contributed by atoms with Crippen molar-refractivity contribution in [3.8, 4) is 0 Å². The molecule has 2 fully saturated rings. The van der Waals surface area contributed by atoms with Crippen LogP contribution < -0.4 is 5.73 Å². The number of allylic oxidation sites excluding steroid dienone is 2. The molecular formula is C20H32N2O2. The zero-order chi connectivity index (χ0) is 17.5. The first kappa shape index (κ1) is 17.5. The van der Waals surface area contributed by atoms with E-state index in [4.69, 9.17) is 10.5 Å². The van der Waals surface area contributed by atoms with E-state index in [0.717, 1.165) is 55.6 Å². The fraction of sp³-hybridized carbons (Fsp3) is 0.750. The van der Waals surface area contributed by atoms with Gasteiger partial charge in [0.1, 0.15) is 12.4 Å². The van der Waals surface area contributed by atoms with Gasteiger partial charge in [-0.25, -0.2) is 0 Å². The third kappa shape index (κ3) is 3.01. The number of likely N-dealkylation sites (tertiary alicyclic amines) is 1. The summed E-state index contributed by atoms with van der Waals surface area (Å²) in [5, 5.41) is 0. The van der Waals surface area contributed by atoms with E-state index in [1.165, 1.54) is 0 Å². The number of rotatable bonds is 3. The van der Waals surface area contributed by atoms with E-state index in [9.17, 15) is 4.79 Å². The summed E-state index contributed by atoms with van der Waals surface area (Å²) in [6, 6.07) is 0.527. The van der Waals surface area contributed by atoms with Gasteiger partial charge >= 0.3 is 0 Å². The predicted molar refractivity (Wildman–Crippen MR) is 96.0 cm³/mol. The van der Waals surface area contributed by atoms with Gasteiger partial charge in [-0.05, 0) is 64.4 Å². The smallest absolute Gasteiger partial charge is 0.233 e. The van der Waals surface area contributed by atoms with Gasteiger partial charge in [0.2, 0.25) is 5.91 Å². The molecule has 1 unspecified atom stereocenters. The predicted octanol–water partition coefficient (Wildman–Crippen LogP) is 3.73. The molecule has 134 valence electrons. The SMILES string of the molecule is CC1=C(N2C(=O)C3(CCC(N)CC3)CC2C)COC1=CCC(C)C. The Hall–Kier alpha value is -1.29. The van der Waals surface area contributed by atoms with Crippen LogP contribution in [0.5, 0.6) is 0 Å². The van der Waals surface area contributed by atoms with E-state index in [-0.39, 0.29) is 17.5 Å². The summed E-state index contributed by atoms with van der Waals surface area (Å²) in [5.74, 6) is 1.88. The Morgan fingerprint density at radius 3 is 2.67 bits per heavy atom. The standard InChI is InChI=1S/C20H32N2O2/c1-13(2)5-6-18-15(4)17(12-24-18)22-14(3)11-20(19(22)23)9-7-16(21)8-10-20/h6,13-14,16H,5,7-12,21H2,1-4H3. The minimum atomic E-state index is -0.174. The normalized spacial score (nSPS) is 35.7. The summed E-state index contributed by atoms with van der Waals surface area (Å²) < 4.78 is 5.90. The maximum atomic E-state index is 13.3. The van der Waals surface area contributed by atoms with Crippen LogP contribution in [0.4, 0.5) is 0 Å². The monoisotopic (exact) mass is 332 g/mol. The molecule has 0 radical (unpaired) electrons. The van der Waals surface area contributed by atoms with Crippen LogP contribution in [0.3, 0.4) is 0 Å². The van der Waals surface area contributed by atoms with E-state index in [1.807, 2.05) is 4.90 Å². The summed E-state index contributed by atoms with van der Waals surface area (Å²) in [5.41, 5.74) is 8.10. The molecular weight excluding hydrogens is 300 g/mol. The maximum Gasteiger partial charge on any atom is 0.233 e. The first-order valence-corrected chi connectivity index (χ1v) is 9.46. The number of nitrogens with zero attached hydrogens (tertiary/aromatic N) is 1. The zero-order valence-electron chi connectivity index (χ0n) is 15.6. The number of amides is 1. The second-order valence-electron chi connectivity index (χ2n) is 8.40. The summed E-state index contributed by atoms with van der Waals surface area (Å²) in [6.45, 7) is 9.21. The lowest BCUT2D eigenvalue weighted by molar-refractivity contribution is -0.136. The van der Waals surface area contributed by atoms with E-state index < -0.39 is 0 Å². The summed E-state index contributed by atoms with van der Waals surface area (Å²) in [6.07, 6.45) is 7.97. The van der Waals surface area contributed by atoms with Gasteiger partial charge in [0.15, 0.2) is 0 Å². The number of ether oxygens (including phenoxy) is 1. The Morgan fingerprint density at radius 2 is 2.04 bits per heavy atom. The Morgan fingerprint density at radius 1 is 1.38 bits per heavy atom. The van der Waals surface area contributed by atoms with Gasteiger partial charge in [0.25, 0.3) is 0 Å². The van der Waals surface area contributed by atoms with Gasteiger partial charge in [-0.1, -0.05) is 13.8 Å². The molecule has 0 bridgehead atoms. The average molecular weight is 332 g/mol. The van der Waals surface area contributed by atoms with Gasteiger partial charge in [0.05, 0.1) is 11.1 Å². The molecule has 1 atom stereocenters. The molecule has 2 aliphatic heterocycles. The number of carbonyl (C=O) groups is 1. The Balaban J connectivity index is 1.82. The number of hydrogen-bond donors (Lipinski definition) is 1. The van der Waals surface area contributed by atoms with Gasteiger partial charge in [-0.2, -0.15) is 0 Å². The van der Waals surface area contributed by atoms with E-state index in [0.29, 0.717) is 18.4 Å². The summed E-state index contributed by atoms with van der Waals surface area (Å²) in [7, 11) is 0. The highest BCUT2D eigenvalue weighted by Gasteiger charge is 2.52. The molecule has 1 amide bonds. The molecule has 1 aliphatic carbocycles. The quantitative estimate of drug-likeness (QED) is 0.857. The fourth-order valence-electron chi connectivity index (χ4n) is 4.51. The lowest BCUT2D eigenvalue weighted by Gasteiger charge is -2.34. The topological polar surface area (TPSA) is 55.6 Å². The maximum absolute atomic E-state index is 13.3. The second-order valence-corrected chi connectivity index (χ2v) is 8.40. The van der Waals surface area contributed by atoms with Crippen molar-refractivity contribution in [1.29, 1.82) is 0 Å². The van der Waals surface area contributed by atoms with Gasteiger partial charge < -0.3 is 15.4 Å². The number of nitrogens with two attached hydrogens (primary N) is 1.